The summed E-state index contributed by atoms with van der Waals surface area (Å²) in [4.78, 5) is 20.0. The summed E-state index contributed by atoms with van der Waals surface area (Å²) in [6.45, 7) is 1.61. The summed E-state index contributed by atoms with van der Waals surface area (Å²) in [5.41, 5.74) is 0.977. The second kappa shape index (κ2) is 7.26. The number of H-pyrrole nitrogens is 1. The van der Waals surface area contributed by atoms with Gasteiger partial charge in [0.15, 0.2) is 5.82 Å². The monoisotopic (exact) mass is 418 g/mol. The van der Waals surface area contributed by atoms with Crippen molar-refractivity contribution in [1.82, 2.24) is 20.4 Å². The fourth-order valence-electron chi connectivity index (χ4n) is 2.91. The van der Waals surface area contributed by atoms with Crippen LogP contribution in [0.1, 0.15) is 33.8 Å². The molecule has 6 nitrogen and oxygen atoms in total. The summed E-state index contributed by atoms with van der Waals surface area (Å²) in [5.74, 6) is -0.632. The molecule has 0 spiro atoms. The number of aromatic amines is 1. The zero-order valence-electron chi connectivity index (χ0n) is 14.5. The highest BCUT2D eigenvalue weighted by molar-refractivity contribution is 6.39. The first kappa shape index (κ1) is 18.5. The number of aromatic nitrogens is 3. The van der Waals surface area contributed by atoms with Gasteiger partial charge in [0.2, 0.25) is 5.89 Å². The maximum Gasteiger partial charge on any atom is 0.270 e. The van der Waals surface area contributed by atoms with Gasteiger partial charge in [-0.1, -0.05) is 46.6 Å². The highest BCUT2D eigenvalue weighted by Gasteiger charge is 2.27. The lowest BCUT2D eigenvalue weighted by atomic mass is 10.1. The van der Waals surface area contributed by atoms with Gasteiger partial charge in [-0.3, -0.25) is 4.79 Å². The Morgan fingerprint density at radius 2 is 2.04 bits per heavy atom. The average Bonchev–Trinajstić information content (AvgIpc) is 3.24. The second-order valence-electron chi connectivity index (χ2n) is 6.10. The van der Waals surface area contributed by atoms with Crippen LogP contribution in [0.15, 0.2) is 47.0 Å². The van der Waals surface area contributed by atoms with Crippen LogP contribution in [0.4, 0.5) is 4.39 Å². The van der Waals surface area contributed by atoms with Gasteiger partial charge < -0.3 is 14.8 Å². The van der Waals surface area contributed by atoms with Gasteiger partial charge >= 0.3 is 0 Å². The van der Waals surface area contributed by atoms with E-state index in [-0.39, 0.29) is 22.1 Å². The number of carbonyl (C=O) groups excluding carboxylic acids is 1. The first-order valence-corrected chi connectivity index (χ1v) is 9.02. The topological polar surface area (TPSA) is 83.8 Å². The van der Waals surface area contributed by atoms with Crippen LogP contribution in [0, 0.1) is 12.7 Å². The van der Waals surface area contributed by atoms with Crippen molar-refractivity contribution in [2.24, 2.45) is 0 Å². The highest BCUT2D eigenvalue weighted by Crippen LogP contribution is 2.30. The first-order valence-electron chi connectivity index (χ1n) is 8.26. The lowest BCUT2D eigenvalue weighted by Crippen LogP contribution is -2.31. The summed E-state index contributed by atoms with van der Waals surface area (Å²) in [6, 6.07) is 10.1. The van der Waals surface area contributed by atoms with Crippen molar-refractivity contribution in [2.45, 2.75) is 13.0 Å². The van der Waals surface area contributed by atoms with Gasteiger partial charge in [0.1, 0.15) is 17.6 Å². The van der Waals surface area contributed by atoms with Crippen LogP contribution in [-0.4, -0.2) is 21.0 Å². The number of benzene rings is 2. The minimum absolute atomic E-state index is 0.125. The third kappa shape index (κ3) is 3.34. The van der Waals surface area contributed by atoms with Crippen LogP contribution < -0.4 is 5.32 Å². The summed E-state index contributed by atoms with van der Waals surface area (Å²) < 4.78 is 19.4. The molecule has 142 valence electrons. The maximum atomic E-state index is 14.4. The minimum atomic E-state index is -0.961. The predicted molar refractivity (Wildman–Crippen MR) is 103 cm³/mol. The van der Waals surface area contributed by atoms with Crippen LogP contribution in [-0.2, 0) is 0 Å². The van der Waals surface area contributed by atoms with E-state index in [4.69, 9.17) is 27.7 Å². The molecule has 0 saturated carbocycles. The van der Waals surface area contributed by atoms with Gasteiger partial charge in [0, 0.05) is 28.4 Å². The number of nitrogens with one attached hydrogen (secondary N) is 2. The van der Waals surface area contributed by atoms with Crippen LogP contribution in [0.5, 0.6) is 0 Å². The number of aryl methyl sites for hydroxylation is 1. The second-order valence-corrected chi connectivity index (χ2v) is 6.92. The van der Waals surface area contributed by atoms with Gasteiger partial charge in [-0.2, -0.15) is 4.98 Å². The lowest BCUT2D eigenvalue weighted by molar-refractivity contribution is 0.0936. The molecular formula is C19H13Cl2FN4O2. The number of hydrogen-bond acceptors (Lipinski definition) is 4. The van der Waals surface area contributed by atoms with Crippen molar-refractivity contribution in [3.8, 4) is 0 Å². The smallest absolute Gasteiger partial charge is 0.270 e. The maximum absolute atomic E-state index is 14.4. The van der Waals surface area contributed by atoms with Crippen LogP contribution >= 0.6 is 23.2 Å². The Kier molecular flexibility index (Phi) is 4.78. The fraction of sp³-hybridized carbons (Fsp3) is 0.105. The minimum Gasteiger partial charge on any atom is -0.349 e. The van der Waals surface area contributed by atoms with E-state index in [1.807, 2.05) is 0 Å². The number of rotatable bonds is 4. The molecular weight excluding hydrogens is 406 g/mol. The SMILES string of the molecule is Cc1nc([C@H](NC(=O)c2[nH]c3ccc(Cl)cc3c2Cl)c2ccccc2F)no1. The highest BCUT2D eigenvalue weighted by atomic mass is 35.5. The van der Waals surface area contributed by atoms with E-state index in [0.717, 1.165) is 0 Å². The molecule has 4 aromatic rings. The van der Waals surface area contributed by atoms with Gasteiger partial charge in [-0.05, 0) is 24.3 Å². The van der Waals surface area contributed by atoms with Gasteiger partial charge in [-0.25, -0.2) is 4.39 Å². The van der Waals surface area contributed by atoms with E-state index in [1.54, 1.807) is 43.3 Å². The Balaban J connectivity index is 1.74. The third-order valence-electron chi connectivity index (χ3n) is 4.22. The van der Waals surface area contributed by atoms with Crippen LogP contribution in [0.2, 0.25) is 10.0 Å². The molecule has 1 amide bonds. The predicted octanol–water partition coefficient (Wildman–Crippen LogP) is 4.82. The molecule has 0 unspecified atom stereocenters. The van der Waals surface area contributed by atoms with Crippen molar-refractivity contribution in [3.63, 3.8) is 0 Å². The Bertz CT molecular complexity index is 1190. The van der Waals surface area contributed by atoms with Gasteiger partial charge in [0.05, 0.1) is 5.02 Å². The Morgan fingerprint density at radius 1 is 1.25 bits per heavy atom. The largest absolute Gasteiger partial charge is 0.349 e. The van der Waals surface area contributed by atoms with E-state index in [2.05, 4.69) is 20.4 Å². The van der Waals surface area contributed by atoms with Crippen molar-refractivity contribution < 1.29 is 13.7 Å². The van der Waals surface area contributed by atoms with E-state index >= 15 is 0 Å². The molecule has 4 rings (SSSR count). The molecule has 9 heteroatoms. The zero-order valence-corrected chi connectivity index (χ0v) is 16.0. The van der Waals surface area contributed by atoms with Crippen molar-refractivity contribution in [1.29, 1.82) is 0 Å². The molecule has 0 aliphatic heterocycles. The first-order chi connectivity index (χ1) is 13.4. The Morgan fingerprint density at radius 3 is 2.75 bits per heavy atom. The normalized spacial score (nSPS) is 12.3. The average molecular weight is 419 g/mol. The molecule has 2 heterocycles. The van der Waals surface area contributed by atoms with E-state index < -0.39 is 17.8 Å². The molecule has 28 heavy (non-hydrogen) atoms. The summed E-state index contributed by atoms with van der Waals surface area (Å²) in [6.07, 6.45) is 0. The number of hydrogen-bond donors (Lipinski definition) is 2. The molecule has 1 atom stereocenters. The zero-order chi connectivity index (χ0) is 19.8. The molecule has 2 aromatic heterocycles. The van der Waals surface area contributed by atoms with Crippen molar-refractivity contribution in [2.75, 3.05) is 0 Å². The molecule has 2 N–H and O–H groups in total. The molecule has 0 aliphatic rings. The Hall–Kier alpha value is -2.90. The number of halogens is 3. The number of amides is 1. The quantitative estimate of drug-likeness (QED) is 0.497. The number of carbonyl (C=O) groups is 1. The van der Waals surface area contributed by atoms with Crippen molar-refractivity contribution in [3.05, 3.63) is 81.3 Å². The molecule has 0 saturated heterocycles. The summed E-state index contributed by atoms with van der Waals surface area (Å²) in [5, 5.41) is 7.87. The molecule has 2 aromatic carbocycles. The van der Waals surface area contributed by atoms with E-state index in [1.165, 1.54) is 6.07 Å². The third-order valence-corrected chi connectivity index (χ3v) is 4.85. The molecule has 0 bridgehead atoms. The van der Waals surface area contributed by atoms with E-state index in [0.29, 0.717) is 21.8 Å². The number of nitrogens with zero attached hydrogens (tertiary/aromatic N) is 2. The number of fused-ring (bicyclic) bond motifs is 1. The lowest BCUT2D eigenvalue weighted by Gasteiger charge is -2.16. The fourth-order valence-corrected chi connectivity index (χ4v) is 3.38. The van der Waals surface area contributed by atoms with E-state index in [9.17, 15) is 9.18 Å². The van der Waals surface area contributed by atoms with Gasteiger partial charge in [-0.15, -0.1) is 0 Å². The Labute approximate surface area is 168 Å². The van der Waals surface area contributed by atoms with Gasteiger partial charge in [0.25, 0.3) is 5.91 Å². The molecule has 0 radical (unpaired) electrons. The summed E-state index contributed by atoms with van der Waals surface area (Å²) in [7, 11) is 0. The summed E-state index contributed by atoms with van der Waals surface area (Å²) >= 11 is 12.4. The van der Waals surface area contributed by atoms with Crippen molar-refractivity contribution >= 4 is 40.0 Å². The standard InChI is InChI=1S/C19H13Cl2FN4O2/c1-9-23-18(26-28-9)16(11-4-2-3-5-13(11)22)25-19(27)17-15(21)12-8-10(20)6-7-14(12)24-17/h2-8,16,24H,1H3,(H,25,27)/t16-/m1/s1. The van der Waals surface area contributed by atoms with Crippen LogP contribution in [0.25, 0.3) is 10.9 Å². The molecule has 0 aliphatic carbocycles. The van der Waals surface area contributed by atoms with Crippen LogP contribution in [0.3, 0.4) is 0 Å². The molecule has 0 fully saturated rings.